The number of nitrogens with zero attached hydrogens (tertiary/aromatic N) is 2. The molecule has 1 saturated carbocycles. The minimum absolute atomic E-state index is 0.107. The van der Waals surface area contributed by atoms with Gasteiger partial charge in [0.05, 0.1) is 11.8 Å². The number of hydrogen-bond acceptors (Lipinski definition) is 5. The molecular formula is C17H21N3OS. The van der Waals surface area contributed by atoms with E-state index in [9.17, 15) is 5.11 Å². The van der Waals surface area contributed by atoms with Crippen LogP contribution in [-0.2, 0) is 0 Å². The molecule has 2 N–H and O–H groups in total. The van der Waals surface area contributed by atoms with Gasteiger partial charge in [-0.25, -0.2) is 4.98 Å². The van der Waals surface area contributed by atoms with Gasteiger partial charge in [0, 0.05) is 23.1 Å². The monoisotopic (exact) mass is 315 g/mol. The van der Waals surface area contributed by atoms with Crippen LogP contribution in [0.3, 0.4) is 0 Å². The summed E-state index contributed by atoms with van der Waals surface area (Å²) in [5.74, 6) is 0. The van der Waals surface area contributed by atoms with Crippen LogP contribution in [-0.4, -0.2) is 21.9 Å². The molecule has 0 saturated heterocycles. The van der Waals surface area contributed by atoms with E-state index in [4.69, 9.17) is 0 Å². The molecule has 0 amide bonds. The molecule has 0 radical (unpaired) electrons. The summed E-state index contributed by atoms with van der Waals surface area (Å²) in [7, 11) is 0. The van der Waals surface area contributed by atoms with Gasteiger partial charge in [-0.3, -0.25) is 5.43 Å². The molecule has 1 aliphatic carbocycles. The second kappa shape index (κ2) is 6.18. The fraction of sp³-hybridized carbons (Fsp3) is 0.412. The van der Waals surface area contributed by atoms with Crippen molar-refractivity contribution in [3.05, 3.63) is 35.7 Å². The fourth-order valence-electron chi connectivity index (χ4n) is 2.96. The van der Waals surface area contributed by atoms with E-state index in [1.165, 1.54) is 0 Å². The number of nitrogens with one attached hydrogen (secondary N) is 1. The normalized spacial score (nSPS) is 22.7. The van der Waals surface area contributed by atoms with Crippen LogP contribution >= 0.6 is 11.3 Å². The largest absolute Gasteiger partial charge is 0.393 e. The van der Waals surface area contributed by atoms with Crippen molar-refractivity contribution < 1.29 is 5.11 Å². The fourth-order valence-corrected chi connectivity index (χ4v) is 3.62. The third-order valence-corrected chi connectivity index (χ3v) is 4.57. The van der Waals surface area contributed by atoms with Gasteiger partial charge in [-0.1, -0.05) is 44.2 Å². The van der Waals surface area contributed by atoms with Crippen LogP contribution in [0.15, 0.2) is 40.8 Å². The van der Waals surface area contributed by atoms with Gasteiger partial charge in [-0.15, -0.1) is 11.3 Å². The molecule has 5 heteroatoms. The SMILES string of the molecule is CC1(C)CC(=NNc2nc(-c3ccccc3)cs2)CC(O)C1. The van der Waals surface area contributed by atoms with Crippen LogP contribution in [0.1, 0.15) is 33.1 Å². The average molecular weight is 315 g/mol. The number of rotatable bonds is 3. The highest BCUT2D eigenvalue weighted by molar-refractivity contribution is 7.14. The molecule has 1 aromatic carbocycles. The zero-order valence-electron chi connectivity index (χ0n) is 12.9. The predicted molar refractivity (Wildman–Crippen MR) is 92.2 cm³/mol. The first-order chi connectivity index (χ1) is 10.5. The van der Waals surface area contributed by atoms with Crippen LogP contribution in [0, 0.1) is 5.41 Å². The number of hydrazone groups is 1. The van der Waals surface area contributed by atoms with E-state index in [2.05, 4.69) is 29.4 Å². The Morgan fingerprint density at radius 1 is 1.32 bits per heavy atom. The second-order valence-electron chi connectivity index (χ2n) is 6.60. The van der Waals surface area contributed by atoms with Crippen molar-refractivity contribution in [2.24, 2.45) is 10.5 Å². The third-order valence-electron chi connectivity index (χ3n) is 3.83. The lowest BCUT2D eigenvalue weighted by atomic mass is 9.75. The Balaban J connectivity index is 1.69. The number of anilines is 1. The van der Waals surface area contributed by atoms with Gasteiger partial charge in [-0.05, 0) is 18.3 Å². The van der Waals surface area contributed by atoms with Crippen molar-refractivity contribution in [1.82, 2.24) is 4.98 Å². The molecule has 2 aromatic rings. The smallest absolute Gasteiger partial charge is 0.203 e. The number of aromatic nitrogens is 1. The van der Waals surface area contributed by atoms with Crippen LogP contribution in [0.2, 0.25) is 0 Å². The topological polar surface area (TPSA) is 57.5 Å². The van der Waals surface area contributed by atoms with Crippen LogP contribution in [0.4, 0.5) is 5.13 Å². The number of aliphatic hydroxyl groups is 1. The first-order valence-electron chi connectivity index (χ1n) is 7.52. The van der Waals surface area contributed by atoms with E-state index in [-0.39, 0.29) is 11.5 Å². The molecule has 0 spiro atoms. The highest BCUT2D eigenvalue weighted by Crippen LogP contribution is 2.34. The van der Waals surface area contributed by atoms with Crippen molar-refractivity contribution in [2.75, 3.05) is 5.43 Å². The van der Waals surface area contributed by atoms with Gasteiger partial charge in [0.15, 0.2) is 0 Å². The molecule has 1 aliphatic rings. The molecule has 1 aromatic heterocycles. The third kappa shape index (κ3) is 3.72. The van der Waals surface area contributed by atoms with E-state index in [0.29, 0.717) is 6.42 Å². The first kappa shape index (κ1) is 15.2. The van der Waals surface area contributed by atoms with Crippen molar-refractivity contribution >= 4 is 22.2 Å². The highest BCUT2D eigenvalue weighted by atomic mass is 32.1. The maximum absolute atomic E-state index is 9.94. The molecule has 1 heterocycles. The zero-order valence-corrected chi connectivity index (χ0v) is 13.7. The van der Waals surface area contributed by atoms with Gasteiger partial charge in [0.2, 0.25) is 5.13 Å². The lowest BCUT2D eigenvalue weighted by Gasteiger charge is -2.33. The van der Waals surface area contributed by atoms with E-state index in [0.717, 1.165) is 34.9 Å². The maximum atomic E-state index is 9.94. The van der Waals surface area contributed by atoms with E-state index >= 15 is 0 Å². The van der Waals surface area contributed by atoms with Gasteiger partial charge in [0.25, 0.3) is 0 Å². The van der Waals surface area contributed by atoms with Crippen molar-refractivity contribution in [3.8, 4) is 11.3 Å². The van der Waals surface area contributed by atoms with Crippen LogP contribution < -0.4 is 5.43 Å². The molecule has 4 nitrogen and oxygen atoms in total. The van der Waals surface area contributed by atoms with E-state index < -0.39 is 0 Å². The van der Waals surface area contributed by atoms with Gasteiger partial charge >= 0.3 is 0 Å². The summed E-state index contributed by atoms with van der Waals surface area (Å²) in [6.45, 7) is 4.34. The lowest BCUT2D eigenvalue weighted by Crippen LogP contribution is -2.32. The number of aliphatic hydroxyl groups excluding tert-OH is 1. The Morgan fingerprint density at radius 3 is 2.82 bits per heavy atom. The second-order valence-corrected chi connectivity index (χ2v) is 7.45. The minimum atomic E-state index is -0.291. The Hall–Kier alpha value is -1.72. The summed E-state index contributed by atoms with van der Waals surface area (Å²) in [5.41, 5.74) is 6.23. The molecule has 1 fully saturated rings. The molecule has 1 atom stereocenters. The predicted octanol–water partition coefficient (Wildman–Crippen LogP) is 4.15. The first-order valence-corrected chi connectivity index (χ1v) is 8.40. The Kier molecular flexibility index (Phi) is 4.27. The number of benzene rings is 1. The minimum Gasteiger partial charge on any atom is -0.393 e. The van der Waals surface area contributed by atoms with E-state index in [1.807, 2.05) is 35.7 Å². The Bertz CT molecular complexity index is 664. The summed E-state index contributed by atoms with van der Waals surface area (Å²) in [6, 6.07) is 10.1. The van der Waals surface area contributed by atoms with Gasteiger partial charge < -0.3 is 5.11 Å². The molecule has 0 aliphatic heterocycles. The van der Waals surface area contributed by atoms with Gasteiger partial charge in [-0.2, -0.15) is 5.10 Å². The quantitative estimate of drug-likeness (QED) is 0.837. The Morgan fingerprint density at radius 2 is 2.09 bits per heavy atom. The summed E-state index contributed by atoms with van der Waals surface area (Å²) in [6.07, 6.45) is 2.10. The number of thiazole rings is 1. The van der Waals surface area contributed by atoms with Crippen molar-refractivity contribution in [1.29, 1.82) is 0 Å². The van der Waals surface area contributed by atoms with Crippen molar-refractivity contribution in [2.45, 2.75) is 39.2 Å². The molecular weight excluding hydrogens is 294 g/mol. The molecule has 1 unspecified atom stereocenters. The summed E-state index contributed by atoms with van der Waals surface area (Å²) in [5, 5.41) is 17.2. The summed E-state index contributed by atoms with van der Waals surface area (Å²) >= 11 is 1.54. The average Bonchev–Trinajstić information content (AvgIpc) is 2.93. The molecule has 0 bridgehead atoms. The highest BCUT2D eigenvalue weighted by Gasteiger charge is 2.30. The summed E-state index contributed by atoms with van der Waals surface area (Å²) < 4.78 is 0. The van der Waals surface area contributed by atoms with Gasteiger partial charge in [0.1, 0.15) is 0 Å². The van der Waals surface area contributed by atoms with E-state index in [1.54, 1.807) is 11.3 Å². The Labute approximate surface area is 134 Å². The molecule has 22 heavy (non-hydrogen) atoms. The zero-order chi connectivity index (χ0) is 15.6. The standard InChI is InChI=1S/C17H21N3OS/c1-17(2)9-13(8-14(21)10-17)19-20-16-18-15(11-22-16)12-6-4-3-5-7-12/h3-7,11,14,21H,8-10H2,1-2H3,(H,18,20). The van der Waals surface area contributed by atoms with Crippen LogP contribution in [0.5, 0.6) is 0 Å². The van der Waals surface area contributed by atoms with Crippen molar-refractivity contribution in [3.63, 3.8) is 0 Å². The lowest BCUT2D eigenvalue weighted by molar-refractivity contribution is 0.108. The van der Waals surface area contributed by atoms with Crippen LogP contribution in [0.25, 0.3) is 11.3 Å². The molecule has 3 rings (SSSR count). The molecule has 116 valence electrons. The maximum Gasteiger partial charge on any atom is 0.203 e. The number of hydrogen-bond donors (Lipinski definition) is 2. The summed E-state index contributed by atoms with van der Waals surface area (Å²) in [4.78, 5) is 4.56.